The Labute approximate surface area is 113 Å². The summed E-state index contributed by atoms with van der Waals surface area (Å²) in [5.41, 5.74) is 4.89. The lowest BCUT2D eigenvalue weighted by atomic mass is 10.3. The summed E-state index contributed by atoms with van der Waals surface area (Å²) >= 11 is 0. The molecule has 0 atom stereocenters. The smallest absolute Gasteiger partial charge is 0.267 e. The van der Waals surface area contributed by atoms with Gasteiger partial charge in [-0.15, -0.1) is 0 Å². The molecule has 8 nitrogen and oxygen atoms in total. The molecule has 2 heterocycles. The Morgan fingerprint density at radius 3 is 2.80 bits per heavy atom. The number of furan rings is 1. The second-order valence-corrected chi connectivity index (χ2v) is 3.93. The Kier molecular flexibility index (Phi) is 3.94. The minimum atomic E-state index is -0.664. The number of carbonyl (C=O) groups is 2. The first-order valence-corrected chi connectivity index (χ1v) is 5.73. The Balaban J connectivity index is 2.15. The maximum Gasteiger partial charge on any atom is 0.267 e. The van der Waals surface area contributed by atoms with Crippen LogP contribution in [0, 0.1) is 0 Å². The third-order valence-corrected chi connectivity index (χ3v) is 2.39. The van der Waals surface area contributed by atoms with E-state index in [1.165, 1.54) is 18.4 Å². The van der Waals surface area contributed by atoms with Crippen LogP contribution < -0.4 is 16.6 Å². The molecule has 0 aliphatic carbocycles. The van der Waals surface area contributed by atoms with Gasteiger partial charge in [-0.2, -0.15) is 5.10 Å². The van der Waals surface area contributed by atoms with Crippen LogP contribution in [0.1, 0.15) is 0 Å². The van der Waals surface area contributed by atoms with E-state index < -0.39 is 17.4 Å². The molecule has 20 heavy (non-hydrogen) atoms. The number of rotatable bonds is 5. The molecule has 104 valence electrons. The second kappa shape index (κ2) is 5.83. The zero-order valence-electron chi connectivity index (χ0n) is 10.4. The van der Waals surface area contributed by atoms with E-state index in [9.17, 15) is 14.4 Å². The van der Waals surface area contributed by atoms with E-state index in [-0.39, 0.29) is 13.1 Å². The summed E-state index contributed by atoms with van der Waals surface area (Å²) < 4.78 is 6.14. The number of aromatic nitrogens is 2. The maximum atomic E-state index is 11.6. The Morgan fingerprint density at radius 2 is 2.15 bits per heavy atom. The van der Waals surface area contributed by atoms with Crippen molar-refractivity contribution >= 4 is 11.8 Å². The van der Waals surface area contributed by atoms with Crippen molar-refractivity contribution in [1.82, 2.24) is 15.1 Å². The summed E-state index contributed by atoms with van der Waals surface area (Å²) in [5, 5.41) is 6.29. The number of hydrogen-bond donors (Lipinski definition) is 2. The molecule has 8 heteroatoms. The van der Waals surface area contributed by atoms with E-state index in [4.69, 9.17) is 10.2 Å². The van der Waals surface area contributed by atoms with E-state index in [2.05, 4.69) is 10.4 Å². The van der Waals surface area contributed by atoms with E-state index >= 15 is 0 Å². The zero-order chi connectivity index (χ0) is 14.5. The molecule has 2 aromatic rings. The Morgan fingerprint density at radius 1 is 1.35 bits per heavy atom. The molecule has 0 aliphatic rings. The number of primary amides is 1. The van der Waals surface area contributed by atoms with Gasteiger partial charge in [0.15, 0.2) is 5.76 Å². The number of carbonyl (C=O) groups excluding carboxylic acids is 2. The molecule has 0 radical (unpaired) electrons. The van der Waals surface area contributed by atoms with Crippen LogP contribution in [0.15, 0.2) is 39.7 Å². The minimum absolute atomic E-state index is 0.286. The lowest BCUT2D eigenvalue weighted by molar-refractivity contribution is -0.125. The quantitative estimate of drug-likeness (QED) is 0.733. The predicted molar refractivity (Wildman–Crippen MR) is 68.4 cm³/mol. The van der Waals surface area contributed by atoms with Crippen LogP contribution in [0.25, 0.3) is 11.5 Å². The molecule has 2 aromatic heterocycles. The Bertz CT molecular complexity index is 675. The van der Waals surface area contributed by atoms with E-state index in [0.29, 0.717) is 11.5 Å². The summed E-state index contributed by atoms with van der Waals surface area (Å²) in [4.78, 5) is 33.7. The molecule has 3 N–H and O–H groups in total. The van der Waals surface area contributed by atoms with Crippen LogP contribution in [0.4, 0.5) is 0 Å². The average molecular weight is 276 g/mol. The fraction of sp³-hybridized carbons (Fsp3) is 0.167. The van der Waals surface area contributed by atoms with Gasteiger partial charge in [-0.25, -0.2) is 4.68 Å². The lowest BCUT2D eigenvalue weighted by Crippen LogP contribution is -2.38. The summed E-state index contributed by atoms with van der Waals surface area (Å²) in [7, 11) is 0. The van der Waals surface area contributed by atoms with Crippen LogP contribution in [-0.4, -0.2) is 28.1 Å². The third-order valence-electron chi connectivity index (χ3n) is 2.39. The van der Waals surface area contributed by atoms with E-state index in [1.54, 1.807) is 12.1 Å². The van der Waals surface area contributed by atoms with Crippen molar-refractivity contribution in [3.8, 4) is 11.5 Å². The van der Waals surface area contributed by atoms with Crippen LogP contribution in [0.3, 0.4) is 0 Å². The molecule has 2 amide bonds. The lowest BCUT2D eigenvalue weighted by Gasteiger charge is -2.06. The number of amides is 2. The summed E-state index contributed by atoms with van der Waals surface area (Å²) in [6.45, 7) is -0.591. The van der Waals surface area contributed by atoms with Gasteiger partial charge in [0.05, 0.1) is 12.8 Å². The SMILES string of the molecule is NC(=O)CNC(=O)Cn1nc(-c2ccco2)ccc1=O. The first-order valence-electron chi connectivity index (χ1n) is 5.73. The van der Waals surface area contributed by atoms with Crippen LogP contribution in [0.2, 0.25) is 0 Å². The fourth-order valence-electron chi connectivity index (χ4n) is 1.50. The van der Waals surface area contributed by atoms with Gasteiger partial charge < -0.3 is 15.5 Å². The predicted octanol–water partition coefficient (Wildman–Crippen LogP) is -0.895. The number of nitrogens with two attached hydrogens (primary N) is 1. The maximum absolute atomic E-state index is 11.6. The highest BCUT2D eigenvalue weighted by Crippen LogP contribution is 2.14. The van der Waals surface area contributed by atoms with Crippen LogP contribution in [-0.2, 0) is 16.1 Å². The van der Waals surface area contributed by atoms with Gasteiger partial charge in [0.1, 0.15) is 12.2 Å². The summed E-state index contributed by atoms with van der Waals surface area (Å²) in [5.74, 6) is -0.714. The van der Waals surface area contributed by atoms with Crippen molar-refractivity contribution in [2.45, 2.75) is 6.54 Å². The highest BCUT2D eigenvalue weighted by atomic mass is 16.3. The van der Waals surface area contributed by atoms with Crippen molar-refractivity contribution in [3.05, 3.63) is 40.9 Å². The average Bonchev–Trinajstić information content (AvgIpc) is 2.93. The van der Waals surface area contributed by atoms with Crippen molar-refractivity contribution in [2.24, 2.45) is 5.73 Å². The van der Waals surface area contributed by atoms with E-state index in [0.717, 1.165) is 4.68 Å². The molecule has 0 spiro atoms. The van der Waals surface area contributed by atoms with Gasteiger partial charge in [-0.05, 0) is 18.2 Å². The minimum Gasteiger partial charge on any atom is -0.463 e. The molecular formula is C12H12N4O4. The third kappa shape index (κ3) is 3.31. The van der Waals surface area contributed by atoms with Crippen molar-refractivity contribution in [3.63, 3.8) is 0 Å². The number of nitrogens with one attached hydrogen (secondary N) is 1. The standard InChI is InChI=1S/C12H12N4O4/c13-10(17)6-14-11(18)7-16-12(19)4-3-8(15-16)9-2-1-5-20-9/h1-5H,6-7H2,(H2,13,17)(H,14,18). The van der Waals surface area contributed by atoms with Crippen molar-refractivity contribution in [1.29, 1.82) is 0 Å². The van der Waals surface area contributed by atoms with Gasteiger partial charge in [-0.3, -0.25) is 14.4 Å². The highest BCUT2D eigenvalue weighted by molar-refractivity contribution is 5.83. The van der Waals surface area contributed by atoms with Gasteiger partial charge in [0, 0.05) is 6.07 Å². The van der Waals surface area contributed by atoms with Crippen LogP contribution >= 0.6 is 0 Å². The topological polar surface area (TPSA) is 120 Å². The molecule has 0 bridgehead atoms. The zero-order valence-corrected chi connectivity index (χ0v) is 10.4. The number of hydrogen-bond acceptors (Lipinski definition) is 5. The fourth-order valence-corrected chi connectivity index (χ4v) is 1.50. The first kappa shape index (κ1) is 13.5. The number of nitrogens with zero attached hydrogens (tertiary/aromatic N) is 2. The molecule has 0 saturated heterocycles. The van der Waals surface area contributed by atoms with Crippen LogP contribution in [0.5, 0.6) is 0 Å². The van der Waals surface area contributed by atoms with Crippen molar-refractivity contribution < 1.29 is 14.0 Å². The first-order chi connectivity index (χ1) is 9.56. The molecule has 0 fully saturated rings. The summed E-state index contributed by atoms with van der Waals surface area (Å²) in [6.07, 6.45) is 1.48. The Hall–Kier alpha value is -2.90. The molecule has 2 rings (SSSR count). The van der Waals surface area contributed by atoms with Gasteiger partial charge in [0.2, 0.25) is 11.8 Å². The molecule has 0 unspecified atom stereocenters. The van der Waals surface area contributed by atoms with Gasteiger partial charge in [-0.1, -0.05) is 0 Å². The second-order valence-electron chi connectivity index (χ2n) is 3.93. The highest BCUT2D eigenvalue weighted by Gasteiger charge is 2.09. The van der Waals surface area contributed by atoms with Gasteiger partial charge >= 0.3 is 0 Å². The summed E-state index contributed by atoms with van der Waals surface area (Å²) in [6, 6.07) is 6.15. The van der Waals surface area contributed by atoms with E-state index in [1.807, 2.05) is 0 Å². The monoisotopic (exact) mass is 276 g/mol. The molecular weight excluding hydrogens is 264 g/mol. The molecule has 0 aliphatic heterocycles. The molecule has 0 saturated carbocycles. The van der Waals surface area contributed by atoms with Gasteiger partial charge in [0.25, 0.3) is 5.56 Å². The largest absolute Gasteiger partial charge is 0.463 e. The van der Waals surface area contributed by atoms with Crippen molar-refractivity contribution in [2.75, 3.05) is 6.54 Å². The molecule has 0 aromatic carbocycles. The normalized spacial score (nSPS) is 10.2.